The first-order valence-electron chi connectivity index (χ1n) is 7.55. The fourth-order valence-electron chi connectivity index (χ4n) is 2.33. The van der Waals surface area contributed by atoms with Gasteiger partial charge in [-0.2, -0.15) is 8.78 Å². The van der Waals surface area contributed by atoms with Crippen LogP contribution in [0.3, 0.4) is 0 Å². The summed E-state index contributed by atoms with van der Waals surface area (Å²) in [4.78, 5) is 11.9. The molecule has 6 nitrogen and oxygen atoms in total. The Morgan fingerprint density at radius 3 is 2.68 bits per heavy atom. The normalized spacial score (nSPS) is 12.1. The summed E-state index contributed by atoms with van der Waals surface area (Å²) in [5, 5.41) is 5.29. The summed E-state index contributed by atoms with van der Waals surface area (Å²) in [5.74, 6) is 1.34. The first-order valence-corrected chi connectivity index (χ1v) is 7.55. The van der Waals surface area contributed by atoms with E-state index in [0.717, 1.165) is 5.56 Å². The first-order chi connectivity index (χ1) is 12.1. The molecular formula is C17H16F2N2O4. The van der Waals surface area contributed by atoms with Crippen LogP contribution < -0.4 is 24.8 Å². The zero-order valence-electron chi connectivity index (χ0n) is 13.1. The molecule has 2 N–H and O–H groups in total. The summed E-state index contributed by atoms with van der Waals surface area (Å²) in [6.45, 7) is -2.37. The molecule has 0 radical (unpaired) electrons. The number of carbonyl (C=O) groups excluding carboxylic acids is 1. The van der Waals surface area contributed by atoms with Gasteiger partial charge in [-0.1, -0.05) is 24.3 Å². The number of halogens is 2. The number of fused-ring (bicyclic) bond motifs is 1. The smallest absolute Gasteiger partial charge is 0.387 e. The zero-order chi connectivity index (χ0) is 17.6. The Labute approximate surface area is 142 Å². The van der Waals surface area contributed by atoms with Crippen molar-refractivity contribution in [2.75, 3.05) is 6.79 Å². The van der Waals surface area contributed by atoms with Gasteiger partial charge >= 0.3 is 12.6 Å². The molecule has 1 heterocycles. The van der Waals surface area contributed by atoms with Crippen LogP contribution in [0.15, 0.2) is 42.5 Å². The number of nitrogens with one attached hydrogen (secondary N) is 2. The molecular weight excluding hydrogens is 334 g/mol. The number of hydrogen-bond donors (Lipinski definition) is 2. The minimum Gasteiger partial charge on any atom is -0.454 e. The van der Waals surface area contributed by atoms with Gasteiger partial charge in [0.15, 0.2) is 11.5 Å². The third-order valence-electron chi connectivity index (χ3n) is 3.52. The van der Waals surface area contributed by atoms with Crippen molar-refractivity contribution in [1.29, 1.82) is 0 Å². The molecule has 3 rings (SSSR count). The summed E-state index contributed by atoms with van der Waals surface area (Å²) >= 11 is 0. The highest BCUT2D eigenvalue weighted by Gasteiger charge is 2.14. The number of hydrogen-bond acceptors (Lipinski definition) is 4. The van der Waals surface area contributed by atoms with Crippen LogP contribution in [0, 0.1) is 0 Å². The molecule has 0 unspecified atom stereocenters. The molecule has 0 spiro atoms. The van der Waals surface area contributed by atoms with Gasteiger partial charge in [-0.05, 0) is 23.8 Å². The van der Waals surface area contributed by atoms with Crippen LogP contribution in [-0.2, 0) is 13.1 Å². The molecule has 0 bridgehead atoms. The van der Waals surface area contributed by atoms with Gasteiger partial charge in [0.05, 0.1) is 0 Å². The predicted octanol–water partition coefficient (Wildman–Crippen LogP) is 3.02. The van der Waals surface area contributed by atoms with Crippen molar-refractivity contribution in [3.63, 3.8) is 0 Å². The van der Waals surface area contributed by atoms with E-state index in [-0.39, 0.29) is 25.6 Å². The summed E-state index contributed by atoms with van der Waals surface area (Å²) < 4.78 is 39.6. The topological polar surface area (TPSA) is 68.8 Å². The van der Waals surface area contributed by atoms with E-state index in [4.69, 9.17) is 9.47 Å². The minimum atomic E-state index is -2.92. The third-order valence-corrected chi connectivity index (χ3v) is 3.52. The van der Waals surface area contributed by atoms with Crippen LogP contribution in [-0.4, -0.2) is 19.4 Å². The lowest BCUT2D eigenvalue weighted by molar-refractivity contribution is -0.0504. The SMILES string of the molecule is O=C(NCc1ccc2c(c1)OCO2)NCc1ccccc1OC(F)F. The van der Waals surface area contributed by atoms with E-state index in [1.165, 1.54) is 6.07 Å². The number of ether oxygens (including phenoxy) is 3. The van der Waals surface area contributed by atoms with E-state index in [9.17, 15) is 13.6 Å². The van der Waals surface area contributed by atoms with Gasteiger partial charge in [-0.25, -0.2) is 4.79 Å². The first kappa shape index (κ1) is 16.8. The van der Waals surface area contributed by atoms with Crippen molar-refractivity contribution in [2.24, 2.45) is 0 Å². The maximum atomic E-state index is 12.4. The van der Waals surface area contributed by atoms with Crippen LogP contribution >= 0.6 is 0 Å². The Morgan fingerprint density at radius 2 is 1.84 bits per heavy atom. The highest BCUT2D eigenvalue weighted by atomic mass is 19.3. The Kier molecular flexibility index (Phi) is 5.17. The second-order valence-corrected chi connectivity index (χ2v) is 5.21. The monoisotopic (exact) mass is 350 g/mol. The van der Waals surface area contributed by atoms with Crippen LogP contribution in [0.4, 0.5) is 13.6 Å². The highest BCUT2D eigenvalue weighted by molar-refractivity contribution is 5.74. The maximum Gasteiger partial charge on any atom is 0.387 e. The lowest BCUT2D eigenvalue weighted by atomic mass is 10.2. The number of amides is 2. The predicted molar refractivity (Wildman–Crippen MR) is 84.7 cm³/mol. The van der Waals surface area contributed by atoms with Crippen LogP contribution in [0.5, 0.6) is 17.2 Å². The van der Waals surface area contributed by atoms with Gasteiger partial charge < -0.3 is 24.8 Å². The van der Waals surface area contributed by atoms with E-state index < -0.39 is 12.6 Å². The molecule has 25 heavy (non-hydrogen) atoms. The standard InChI is InChI=1S/C17H16F2N2O4/c18-16(19)25-13-4-2-1-3-12(13)9-21-17(22)20-8-11-5-6-14-15(7-11)24-10-23-14/h1-7,16H,8-10H2,(H2,20,21,22). The number of rotatable bonds is 6. The second-order valence-electron chi connectivity index (χ2n) is 5.21. The van der Waals surface area contributed by atoms with Gasteiger partial charge in [0.2, 0.25) is 6.79 Å². The summed E-state index contributed by atoms with van der Waals surface area (Å²) in [5.41, 5.74) is 1.31. The molecule has 0 fully saturated rings. The highest BCUT2D eigenvalue weighted by Crippen LogP contribution is 2.32. The van der Waals surface area contributed by atoms with Crippen LogP contribution in [0.2, 0.25) is 0 Å². The van der Waals surface area contributed by atoms with E-state index in [0.29, 0.717) is 17.1 Å². The average molecular weight is 350 g/mol. The maximum absolute atomic E-state index is 12.4. The molecule has 2 aromatic carbocycles. The molecule has 0 aliphatic carbocycles. The zero-order valence-corrected chi connectivity index (χ0v) is 13.1. The molecule has 132 valence electrons. The molecule has 2 amide bonds. The average Bonchev–Trinajstić information content (AvgIpc) is 3.06. The quantitative estimate of drug-likeness (QED) is 0.840. The number of para-hydroxylation sites is 1. The van der Waals surface area contributed by atoms with E-state index in [1.807, 2.05) is 6.07 Å². The second kappa shape index (κ2) is 7.69. The lowest BCUT2D eigenvalue weighted by Gasteiger charge is -2.12. The van der Waals surface area contributed by atoms with Crippen LogP contribution in [0.25, 0.3) is 0 Å². The van der Waals surface area contributed by atoms with Crippen molar-refractivity contribution in [3.05, 3.63) is 53.6 Å². The van der Waals surface area contributed by atoms with Gasteiger partial charge in [0.25, 0.3) is 0 Å². The minimum absolute atomic E-state index is 0.0357. The fourth-order valence-corrected chi connectivity index (χ4v) is 2.33. The summed E-state index contributed by atoms with van der Waals surface area (Å²) in [7, 11) is 0. The van der Waals surface area contributed by atoms with E-state index >= 15 is 0 Å². The van der Waals surface area contributed by atoms with Crippen molar-refractivity contribution >= 4 is 6.03 Å². The lowest BCUT2D eigenvalue weighted by Crippen LogP contribution is -2.34. The molecule has 1 aliphatic rings. The van der Waals surface area contributed by atoms with Gasteiger partial charge in [0, 0.05) is 18.7 Å². The van der Waals surface area contributed by atoms with Crippen molar-refractivity contribution in [2.45, 2.75) is 19.7 Å². The molecule has 0 saturated heterocycles. The van der Waals surface area contributed by atoms with Crippen molar-refractivity contribution in [1.82, 2.24) is 10.6 Å². The Hall–Kier alpha value is -3.03. The van der Waals surface area contributed by atoms with Crippen molar-refractivity contribution < 1.29 is 27.8 Å². The number of alkyl halides is 2. The molecule has 1 aliphatic heterocycles. The van der Waals surface area contributed by atoms with Gasteiger partial charge in [-0.15, -0.1) is 0 Å². The number of benzene rings is 2. The van der Waals surface area contributed by atoms with E-state index in [2.05, 4.69) is 15.4 Å². The van der Waals surface area contributed by atoms with Crippen molar-refractivity contribution in [3.8, 4) is 17.2 Å². The van der Waals surface area contributed by atoms with E-state index in [1.54, 1.807) is 30.3 Å². The molecule has 0 aromatic heterocycles. The molecule has 2 aromatic rings. The third kappa shape index (κ3) is 4.50. The summed E-state index contributed by atoms with van der Waals surface area (Å²) in [6, 6.07) is 11.2. The number of carbonyl (C=O) groups is 1. The van der Waals surface area contributed by atoms with Crippen LogP contribution in [0.1, 0.15) is 11.1 Å². The summed E-state index contributed by atoms with van der Waals surface area (Å²) in [6.07, 6.45) is 0. The molecule has 0 atom stereocenters. The van der Waals surface area contributed by atoms with Gasteiger partial charge in [0.1, 0.15) is 5.75 Å². The Balaban J connectivity index is 1.50. The van der Waals surface area contributed by atoms with Gasteiger partial charge in [-0.3, -0.25) is 0 Å². The molecule has 8 heteroatoms. The Bertz CT molecular complexity index is 755. The molecule has 0 saturated carbocycles. The Morgan fingerprint density at radius 1 is 1.08 bits per heavy atom. The largest absolute Gasteiger partial charge is 0.454 e. The fraction of sp³-hybridized carbons (Fsp3) is 0.235. The number of urea groups is 1.